The summed E-state index contributed by atoms with van der Waals surface area (Å²) < 4.78 is 5.12. The van der Waals surface area contributed by atoms with E-state index in [0.29, 0.717) is 25.7 Å². The number of ether oxygens (including phenoxy) is 1. The summed E-state index contributed by atoms with van der Waals surface area (Å²) >= 11 is 5.39. The minimum absolute atomic E-state index is 0.189. The molecule has 1 atom stereocenters. The summed E-state index contributed by atoms with van der Waals surface area (Å²) in [6.45, 7) is 5.46. The number of nitrogens with two attached hydrogens (primary N) is 1. The summed E-state index contributed by atoms with van der Waals surface area (Å²) in [6.07, 6.45) is 1.86. The summed E-state index contributed by atoms with van der Waals surface area (Å²) in [5.41, 5.74) is 3.80. The molecule has 0 fully saturated rings. The molecule has 2 N–H and O–H groups in total. The Labute approximate surface area is 101 Å². The molecule has 0 saturated carbocycles. The molecule has 0 aromatic carbocycles. The zero-order chi connectivity index (χ0) is 12.8. The first kappa shape index (κ1) is 15.4. The van der Waals surface area contributed by atoms with Crippen LogP contribution in [0.4, 0.5) is 0 Å². The van der Waals surface area contributed by atoms with Crippen molar-refractivity contribution < 1.29 is 14.3 Å². The number of Topliss-reactive ketones (excluding diaryl/α,β-unsaturated/α-hetero) is 1. The van der Waals surface area contributed by atoms with Gasteiger partial charge in [-0.05, 0) is 33.6 Å². The first-order chi connectivity index (χ1) is 7.22. The molecule has 16 heavy (non-hydrogen) atoms. The summed E-state index contributed by atoms with van der Waals surface area (Å²) in [5.74, 6) is -0.430. The van der Waals surface area contributed by atoms with Gasteiger partial charge < -0.3 is 10.5 Å². The molecule has 0 aliphatic heterocycles. The van der Waals surface area contributed by atoms with E-state index < -0.39 is 11.1 Å². The zero-order valence-corrected chi connectivity index (χ0v) is 10.8. The predicted octanol–water partition coefficient (Wildman–Crippen LogP) is 1.98. The topological polar surface area (TPSA) is 69.4 Å². The predicted molar refractivity (Wildman–Crippen MR) is 63.1 cm³/mol. The van der Waals surface area contributed by atoms with E-state index in [-0.39, 0.29) is 11.8 Å². The molecule has 0 aliphatic rings. The van der Waals surface area contributed by atoms with Gasteiger partial charge in [0.1, 0.15) is 11.1 Å². The summed E-state index contributed by atoms with van der Waals surface area (Å²) in [7, 11) is 0. The average molecular weight is 250 g/mol. The van der Waals surface area contributed by atoms with Gasteiger partial charge >= 0.3 is 5.97 Å². The quantitative estimate of drug-likeness (QED) is 0.338. The molecule has 0 rings (SSSR count). The summed E-state index contributed by atoms with van der Waals surface area (Å²) in [6, 6.07) is 0. The minimum atomic E-state index is -0.929. The molecule has 5 heteroatoms. The second-order valence-corrected chi connectivity index (χ2v) is 5.13. The molecule has 0 aromatic rings. The van der Waals surface area contributed by atoms with E-state index in [0.717, 1.165) is 0 Å². The molecule has 0 amide bonds. The van der Waals surface area contributed by atoms with E-state index in [1.165, 1.54) is 0 Å². The second kappa shape index (κ2) is 6.86. The van der Waals surface area contributed by atoms with E-state index in [9.17, 15) is 9.59 Å². The zero-order valence-electron chi connectivity index (χ0n) is 10.1. The maximum absolute atomic E-state index is 11.3. The fourth-order valence-corrected chi connectivity index (χ4v) is 1.21. The number of rotatable bonds is 6. The van der Waals surface area contributed by atoms with Gasteiger partial charge in [0.2, 0.25) is 0 Å². The highest BCUT2D eigenvalue weighted by Gasteiger charge is 2.16. The van der Waals surface area contributed by atoms with Crippen LogP contribution in [0.2, 0.25) is 0 Å². The molecule has 0 saturated heterocycles. The van der Waals surface area contributed by atoms with Gasteiger partial charge in [0.15, 0.2) is 5.78 Å². The Morgan fingerprint density at radius 1 is 1.25 bits per heavy atom. The fraction of sp³-hybridized carbons (Fsp3) is 0.818. The maximum atomic E-state index is 11.3. The molecule has 0 radical (unpaired) electrons. The Morgan fingerprint density at radius 3 is 2.19 bits per heavy atom. The number of ketones is 1. The van der Waals surface area contributed by atoms with Crippen LogP contribution in [0, 0.1) is 0 Å². The lowest BCUT2D eigenvalue weighted by atomic mass is 10.1. The number of hydrogen-bond donors (Lipinski definition) is 1. The molecule has 0 spiro atoms. The van der Waals surface area contributed by atoms with Crippen molar-refractivity contribution in [1.29, 1.82) is 0 Å². The van der Waals surface area contributed by atoms with Crippen molar-refractivity contribution in [2.45, 2.75) is 57.6 Å². The van der Waals surface area contributed by atoms with Crippen molar-refractivity contribution in [3.63, 3.8) is 0 Å². The van der Waals surface area contributed by atoms with Crippen LogP contribution < -0.4 is 5.73 Å². The van der Waals surface area contributed by atoms with Crippen LogP contribution in [-0.2, 0) is 14.3 Å². The second-order valence-electron chi connectivity index (χ2n) is 4.66. The number of esters is 1. The Hall–Kier alpha value is -0.610. The van der Waals surface area contributed by atoms with Gasteiger partial charge in [-0.15, -0.1) is 0 Å². The molecule has 4 nitrogen and oxygen atoms in total. The lowest BCUT2D eigenvalue weighted by Gasteiger charge is -2.19. The van der Waals surface area contributed by atoms with Crippen molar-refractivity contribution in [2.75, 3.05) is 0 Å². The molecule has 1 unspecified atom stereocenters. The smallest absolute Gasteiger partial charge is 0.306 e. The summed E-state index contributed by atoms with van der Waals surface area (Å²) in [4.78, 5) is 22.3. The van der Waals surface area contributed by atoms with E-state index in [1.54, 1.807) is 0 Å². The number of halogens is 1. The Morgan fingerprint density at radius 2 is 1.75 bits per heavy atom. The molecular weight excluding hydrogens is 230 g/mol. The van der Waals surface area contributed by atoms with E-state index in [4.69, 9.17) is 22.1 Å². The van der Waals surface area contributed by atoms with Crippen molar-refractivity contribution >= 4 is 23.4 Å². The molecule has 0 aliphatic carbocycles. The number of carbonyl (C=O) groups is 2. The van der Waals surface area contributed by atoms with Crippen molar-refractivity contribution in [2.24, 2.45) is 5.73 Å². The number of alkyl halides is 1. The van der Waals surface area contributed by atoms with Crippen molar-refractivity contribution in [1.82, 2.24) is 0 Å². The van der Waals surface area contributed by atoms with Gasteiger partial charge in [0.05, 0.1) is 0 Å². The first-order valence-corrected chi connectivity index (χ1v) is 5.80. The summed E-state index contributed by atoms with van der Waals surface area (Å²) in [5, 5.41) is 0. The Balaban J connectivity index is 3.60. The first-order valence-electron chi connectivity index (χ1n) is 5.36. The largest absolute Gasteiger partial charge is 0.460 e. The van der Waals surface area contributed by atoms with Crippen LogP contribution in [0.3, 0.4) is 0 Å². The average Bonchev–Trinajstić information content (AvgIpc) is 2.08. The fourth-order valence-electron chi connectivity index (χ4n) is 1.10. The lowest BCUT2D eigenvalue weighted by Crippen LogP contribution is -2.24. The molecule has 94 valence electrons. The van der Waals surface area contributed by atoms with Gasteiger partial charge in [0, 0.05) is 12.8 Å². The monoisotopic (exact) mass is 249 g/mol. The highest BCUT2D eigenvalue weighted by Crippen LogP contribution is 2.11. The highest BCUT2D eigenvalue weighted by atomic mass is 35.5. The SMILES string of the molecule is CC(C)(C)OC(=O)CCCCC(=O)C(N)Cl. The third kappa shape index (κ3) is 8.68. The lowest BCUT2D eigenvalue weighted by molar-refractivity contribution is -0.155. The van der Waals surface area contributed by atoms with Crippen LogP contribution in [0.5, 0.6) is 0 Å². The van der Waals surface area contributed by atoms with Gasteiger partial charge in [0.25, 0.3) is 0 Å². The van der Waals surface area contributed by atoms with Gasteiger partial charge in [-0.3, -0.25) is 9.59 Å². The van der Waals surface area contributed by atoms with Crippen molar-refractivity contribution in [3.8, 4) is 0 Å². The van der Waals surface area contributed by atoms with Gasteiger partial charge in [-0.2, -0.15) is 0 Å². The van der Waals surface area contributed by atoms with E-state index >= 15 is 0 Å². The third-order valence-corrected chi connectivity index (χ3v) is 2.03. The Bertz CT molecular complexity index is 246. The van der Waals surface area contributed by atoms with Gasteiger partial charge in [-0.25, -0.2) is 0 Å². The van der Waals surface area contributed by atoms with E-state index in [1.807, 2.05) is 20.8 Å². The van der Waals surface area contributed by atoms with E-state index in [2.05, 4.69) is 0 Å². The third-order valence-electron chi connectivity index (χ3n) is 1.78. The molecule has 0 heterocycles. The van der Waals surface area contributed by atoms with Crippen LogP contribution in [0.1, 0.15) is 46.5 Å². The number of carbonyl (C=O) groups excluding carboxylic acids is 2. The van der Waals surface area contributed by atoms with Crippen LogP contribution in [0.25, 0.3) is 0 Å². The minimum Gasteiger partial charge on any atom is -0.460 e. The highest BCUT2D eigenvalue weighted by molar-refractivity contribution is 6.30. The van der Waals surface area contributed by atoms with Crippen LogP contribution >= 0.6 is 11.6 Å². The van der Waals surface area contributed by atoms with Crippen molar-refractivity contribution in [3.05, 3.63) is 0 Å². The number of unbranched alkanes of at least 4 members (excludes halogenated alkanes) is 1. The molecule has 0 bridgehead atoms. The number of hydrogen-bond acceptors (Lipinski definition) is 4. The molecule has 0 aromatic heterocycles. The van der Waals surface area contributed by atoms with Gasteiger partial charge in [-0.1, -0.05) is 11.6 Å². The normalized spacial score (nSPS) is 13.3. The van der Waals surface area contributed by atoms with Crippen LogP contribution in [0.15, 0.2) is 0 Å². The molecular formula is C11H20ClNO3. The van der Waals surface area contributed by atoms with Crippen LogP contribution in [-0.4, -0.2) is 22.9 Å². The standard InChI is InChI=1S/C11H20ClNO3/c1-11(2,3)16-9(15)7-5-4-6-8(14)10(12)13/h10H,4-7,13H2,1-3H3. The maximum Gasteiger partial charge on any atom is 0.306 e. The Kier molecular flexibility index (Phi) is 6.60.